The van der Waals surface area contributed by atoms with E-state index >= 15 is 0 Å². The molecule has 2 fully saturated rings. The van der Waals surface area contributed by atoms with Crippen molar-refractivity contribution in [1.82, 2.24) is 10.3 Å². The van der Waals surface area contributed by atoms with E-state index in [9.17, 15) is 0 Å². The van der Waals surface area contributed by atoms with Crippen molar-refractivity contribution in [3.8, 4) is 0 Å². The van der Waals surface area contributed by atoms with Crippen molar-refractivity contribution < 1.29 is 0 Å². The maximum atomic E-state index is 4.16. The zero-order valence-corrected chi connectivity index (χ0v) is 11.4. The highest BCUT2D eigenvalue weighted by atomic mass is 14.9. The van der Waals surface area contributed by atoms with Crippen LogP contribution in [0.3, 0.4) is 0 Å². The molecule has 2 saturated carbocycles. The second-order valence-electron chi connectivity index (χ2n) is 6.14. The Balaban J connectivity index is 1.52. The molecule has 1 heterocycles. The minimum atomic E-state index is 0.747. The lowest BCUT2D eigenvalue weighted by Crippen LogP contribution is -2.34. The molecule has 1 aromatic heterocycles. The van der Waals surface area contributed by atoms with Gasteiger partial charge in [-0.2, -0.15) is 0 Å². The fourth-order valence-electron chi connectivity index (χ4n) is 3.36. The Hall–Kier alpha value is -0.890. The predicted molar refractivity (Wildman–Crippen MR) is 74.3 cm³/mol. The van der Waals surface area contributed by atoms with Crippen molar-refractivity contribution in [1.29, 1.82) is 0 Å². The van der Waals surface area contributed by atoms with E-state index in [0.29, 0.717) is 0 Å². The quantitative estimate of drug-likeness (QED) is 0.877. The van der Waals surface area contributed by atoms with E-state index in [-0.39, 0.29) is 0 Å². The zero-order chi connectivity index (χ0) is 12.4. The van der Waals surface area contributed by atoms with Gasteiger partial charge in [-0.15, -0.1) is 0 Å². The molecule has 2 atom stereocenters. The van der Waals surface area contributed by atoms with E-state index in [2.05, 4.69) is 23.3 Å². The molecule has 0 radical (unpaired) electrons. The molecule has 0 saturated heterocycles. The number of nitrogens with zero attached hydrogens (tertiary/aromatic N) is 1. The first-order chi connectivity index (χ1) is 8.83. The standard InChI is InChI=1S/C16H24N2/c1-12-10-17-8-7-15(12)11-18-16-4-2-3-14(9-16)13-5-6-13/h7-8,10,13-14,16,18H,2-6,9,11H2,1H3. The van der Waals surface area contributed by atoms with Gasteiger partial charge in [-0.25, -0.2) is 0 Å². The number of rotatable bonds is 4. The van der Waals surface area contributed by atoms with Gasteiger partial charge < -0.3 is 5.32 Å². The summed E-state index contributed by atoms with van der Waals surface area (Å²) in [4.78, 5) is 4.16. The molecule has 2 aliphatic rings. The molecule has 1 N–H and O–H groups in total. The zero-order valence-electron chi connectivity index (χ0n) is 11.4. The van der Waals surface area contributed by atoms with Gasteiger partial charge in [0.25, 0.3) is 0 Å². The number of aryl methyl sites for hydroxylation is 1. The van der Waals surface area contributed by atoms with Crippen molar-refractivity contribution >= 4 is 0 Å². The summed E-state index contributed by atoms with van der Waals surface area (Å²) >= 11 is 0. The van der Waals surface area contributed by atoms with E-state index in [1.54, 1.807) is 0 Å². The van der Waals surface area contributed by atoms with Crippen molar-refractivity contribution in [3.05, 3.63) is 29.6 Å². The van der Waals surface area contributed by atoms with Gasteiger partial charge in [0.15, 0.2) is 0 Å². The molecule has 0 aliphatic heterocycles. The van der Waals surface area contributed by atoms with Crippen molar-refractivity contribution in [2.45, 2.75) is 58.0 Å². The molecule has 18 heavy (non-hydrogen) atoms. The van der Waals surface area contributed by atoms with Crippen LogP contribution in [0.4, 0.5) is 0 Å². The number of pyridine rings is 1. The van der Waals surface area contributed by atoms with Crippen LogP contribution in [0.15, 0.2) is 18.5 Å². The molecule has 98 valence electrons. The van der Waals surface area contributed by atoms with Crippen LogP contribution in [0.1, 0.15) is 49.7 Å². The molecule has 0 spiro atoms. The Bertz CT molecular complexity index is 398. The Morgan fingerprint density at radius 3 is 2.89 bits per heavy atom. The van der Waals surface area contributed by atoms with Crippen LogP contribution in [-0.4, -0.2) is 11.0 Å². The van der Waals surface area contributed by atoms with Gasteiger partial charge >= 0.3 is 0 Å². The van der Waals surface area contributed by atoms with E-state index in [0.717, 1.165) is 24.4 Å². The average Bonchev–Trinajstić information content (AvgIpc) is 3.23. The van der Waals surface area contributed by atoms with Crippen LogP contribution in [0.2, 0.25) is 0 Å². The summed E-state index contributed by atoms with van der Waals surface area (Å²) in [5.41, 5.74) is 2.71. The second-order valence-corrected chi connectivity index (χ2v) is 6.14. The summed E-state index contributed by atoms with van der Waals surface area (Å²) in [7, 11) is 0. The monoisotopic (exact) mass is 244 g/mol. The predicted octanol–water partition coefficient (Wildman–Crippen LogP) is 3.45. The molecule has 3 rings (SSSR count). The molecular weight excluding hydrogens is 220 g/mol. The van der Waals surface area contributed by atoms with Crippen LogP contribution in [0, 0.1) is 18.8 Å². The smallest absolute Gasteiger partial charge is 0.0300 e. The van der Waals surface area contributed by atoms with Crippen molar-refractivity contribution in [2.24, 2.45) is 11.8 Å². The Labute approximate surface area is 110 Å². The van der Waals surface area contributed by atoms with Gasteiger partial charge in [-0.05, 0) is 61.6 Å². The van der Waals surface area contributed by atoms with Gasteiger partial charge in [0, 0.05) is 25.0 Å². The molecule has 2 aliphatic carbocycles. The minimum Gasteiger partial charge on any atom is -0.310 e. The third-order valence-corrected chi connectivity index (χ3v) is 4.72. The van der Waals surface area contributed by atoms with Crippen LogP contribution in [0.25, 0.3) is 0 Å². The Kier molecular flexibility index (Phi) is 3.64. The first-order valence-corrected chi connectivity index (χ1v) is 7.46. The average molecular weight is 244 g/mol. The molecule has 1 aromatic rings. The molecule has 0 aromatic carbocycles. The Morgan fingerprint density at radius 1 is 1.22 bits per heavy atom. The molecule has 0 bridgehead atoms. The highest BCUT2D eigenvalue weighted by Gasteiger charge is 2.34. The van der Waals surface area contributed by atoms with Gasteiger partial charge in [0.05, 0.1) is 0 Å². The van der Waals surface area contributed by atoms with E-state index in [1.807, 2.05) is 12.4 Å². The SMILES string of the molecule is Cc1cnccc1CNC1CCCC(C2CC2)C1. The van der Waals surface area contributed by atoms with Crippen LogP contribution >= 0.6 is 0 Å². The van der Waals surface area contributed by atoms with Crippen LogP contribution in [-0.2, 0) is 6.54 Å². The maximum Gasteiger partial charge on any atom is 0.0300 e. The third kappa shape index (κ3) is 2.92. The van der Waals surface area contributed by atoms with Crippen LogP contribution in [0.5, 0.6) is 0 Å². The van der Waals surface area contributed by atoms with Gasteiger partial charge in [-0.1, -0.05) is 12.8 Å². The van der Waals surface area contributed by atoms with Gasteiger partial charge in [0.1, 0.15) is 0 Å². The lowest BCUT2D eigenvalue weighted by Gasteiger charge is -2.30. The number of hydrogen-bond acceptors (Lipinski definition) is 2. The van der Waals surface area contributed by atoms with Crippen LogP contribution < -0.4 is 5.32 Å². The highest BCUT2D eigenvalue weighted by Crippen LogP contribution is 2.43. The first kappa shape index (κ1) is 12.2. The summed E-state index contributed by atoms with van der Waals surface area (Å²) in [6, 6.07) is 2.89. The molecule has 2 heteroatoms. The topological polar surface area (TPSA) is 24.9 Å². The van der Waals surface area contributed by atoms with Gasteiger partial charge in [0.2, 0.25) is 0 Å². The summed E-state index contributed by atoms with van der Waals surface area (Å²) in [6.07, 6.45) is 12.6. The fourth-order valence-corrected chi connectivity index (χ4v) is 3.36. The number of aromatic nitrogens is 1. The van der Waals surface area contributed by atoms with E-state index < -0.39 is 0 Å². The summed E-state index contributed by atoms with van der Waals surface area (Å²) in [6.45, 7) is 3.16. The van der Waals surface area contributed by atoms with E-state index in [4.69, 9.17) is 0 Å². The molecule has 2 nitrogen and oxygen atoms in total. The van der Waals surface area contributed by atoms with Gasteiger partial charge in [-0.3, -0.25) is 4.98 Å². The fraction of sp³-hybridized carbons (Fsp3) is 0.688. The third-order valence-electron chi connectivity index (χ3n) is 4.72. The normalized spacial score (nSPS) is 28.3. The summed E-state index contributed by atoms with van der Waals surface area (Å²) < 4.78 is 0. The van der Waals surface area contributed by atoms with Crippen molar-refractivity contribution in [3.63, 3.8) is 0 Å². The highest BCUT2D eigenvalue weighted by molar-refractivity contribution is 5.21. The van der Waals surface area contributed by atoms with Crippen molar-refractivity contribution in [2.75, 3.05) is 0 Å². The minimum absolute atomic E-state index is 0.747. The lowest BCUT2D eigenvalue weighted by molar-refractivity contribution is 0.260. The number of hydrogen-bond donors (Lipinski definition) is 1. The summed E-state index contributed by atoms with van der Waals surface area (Å²) in [5, 5.41) is 3.76. The maximum absolute atomic E-state index is 4.16. The Morgan fingerprint density at radius 2 is 2.11 bits per heavy atom. The first-order valence-electron chi connectivity index (χ1n) is 7.46. The second kappa shape index (κ2) is 5.40. The molecule has 0 amide bonds. The lowest BCUT2D eigenvalue weighted by atomic mass is 9.82. The molecular formula is C16H24N2. The van der Waals surface area contributed by atoms with E-state index in [1.165, 1.54) is 49.7 Å². The molecule has 2 unspecified atom stereocenters. The number of nitrogens with one attached hydrogen (secondary N) is 1. The largest absolute Gasteiger partial charge is 0.310 e. The summed E-state index contributed by atoms with van der Waals surface area (Å²) in [5.74, 6) is 2.10.